The number of nitrogens with zero attached hydrogens (tertiary/aromatic N) is 5. The number of benzene rings is 2. The van der Waals surface area contributed by atoms with Crippen LogP contribution in [0.2, 0.25) is 5.02 Å². The van der Waals surface area contributed by atoms with Crippen molar-refractivity contribution >= 4 is 38.6 Å². The van der Waals surface area contributed by atoms with Crippen LogP contribution in [0.1, 0.15) is 33.6 Å². The van der Waals surface area contributed by atoms with E-state index in [4.69, 9.17) is 16.3 Å². The van der Waals surface area contributed by atoms with Gasteiger partial charge in [-0.25, -0.2) is 22.3 Å². The first-order valence-corrected chi connectivity index (χ1v) is 15.7. The molecule has 0 amide bonds. The van der Waals surface area contributed by atoms with E-state index >= 15 is 0 Å². The first-order chi connectivity index (χ1) is 19.9. The van der Waals surface area contributed by atoms with Crippen LogP contribution < -0.4 is 4.72 Å². The fourth-order valence-electron chi connectivity index (χ4n) is 5.07. The molecule has 5 rings (SSSR count). The Hall–Kier alpha value is -3.32. The van der Waals surface area contributed by atoms with Crippen LogP contribution in [0, 0.1) is 11.7 Å². The van der Waals surface area contributed by atoms with Crippen LogP contribution in [-0.4, -0.2) is 70.8 Å². The Morgan fingerprint density at radius 1 is 1.12 bits per heavy atom. The predicted octanol–water partition coefficient (Wildman–Crippen LogP) is 5.17. The van der Waals surface area contributed by atoms with Gasteiger partial charge in [-0.05, 0) is 95.1 Å². The second kappa shape index (κ2) is 12.1. The monoisotopic (exact) mass is 616 g/mol. The van der Waals surface area contributed by atoms with E-state index in [-0.39, 0.29) is 4.90 Å². The van der Waals surface area contributed by atoms with Crippen LogP contribution in [0.3, 0.4) is 0 Å². The van der Waals surface area contributed by atoms with E-state index in [9.17, 15) is 17.6 Å². The normalized spacial score (nSPS) is 15.4. The summed E-state index contributed by atoms with van der Waals surface area (Å²) >= 11 is 5.86. The van der Waals surface area contributed by atoms with Crippen LogP contribution >= 0.6 is 11.6 Å². The summed E-state index contributed by atoms with van der Waals surface area (Å²) in [6.45, 7) is 8.66. The standard InChI is InChI=1S/C29H34ClFN6O4S/c1-29(2,3)41-28(38)37-18-25(24-16-22(31)6-9-27(24)37)26-19-36(34-33-26)17-20-10-13-35(14-11-20)15-12-32-42(39,40)23-7-4-21(30)5-8-23/h4-9,16,18-20,32H,10-15,17H2,1-3H3. The van der Waals surface area contributed by atoms with Gasteiger partial charge in [0, 0.05) is 41.8 Å². The van der Waals surface area contributed by atoms with Crippen molar-refractivity contribution in [2.45, 2.75) is 50.7 Å². The molecule has 2 aromatic heterocycles. The zero-order chi connectivity index (χ0) is 30.1. The van der Waals surface area contributed by atoms with Crippen molar-refractivity contribution in [1.82, 2.24) is 29.2 Å². The largest absolute Gasteiger partial charge is 0.443 e. The fraction of sp³-hybridized carbons (Fsp3) is 0.414. The van der Waals surface area contributed by atoms with Gasteiger partial charge in [-0.1, -0.05) is 16.8 Å². The Morgan fingerprint density at radius 2 is 1.83 bits per heavy atom. The zero-order valence-electron chi connectivity index (χ0n) is 23.8. The molecule has 224 valence electrons. The minimum atomic E-state index is -3.58. The maximum atomic E-state index is 14.2. The van der Waals surface area contributed by atoms with Crippen LogP contribution in [0.4, 0.5) is 9.18 Å². The molecule has 0 aliphatic carbocycles. The number of piperidine rings is 1. The molecule has 0 bridgehead atoms. The van der Waals surface area contributed by atoms with Crippen LogP contribution in [0.5, 0.6) is 0 Å². The van der Waals surface area contributed by atoms with Crippen molar-refractivity contribution < 1.29 is 22.3 Å². The molecule has 1 fully saturated rings. The molecule has 0 radical (unpaired) electrons. The van der Waals surface area contributed by atoms with Gasteiger partial charge < -0.3 is 9.64 Å². The van der Waals surface area contributed by atoms with E-state index in [0.717, 1.165) is 25.9 Å². The molecule has 42 heavy (non-hydrogen) atoms. The third-order valence-corrected chi connectivity index (χ3v) is 8.90. The van der Waals surface area contributed by atoms with E-state index in [1.54, 1.807) is 49.8 Å². The summed E-state index contributed by atoms with van der Waals surface area (Å²) in [7, 11) is -3.58. The Kier molecular flexibility index (Phi) is 8.70. The van der Waals surface area contributed by atoms with Crippen molar-refractivity contribution in [2.75, 3.05) is 26.2 Å². The van der Waals surface area contributed by atoms with Gasteiger partial charge in [0.2, 0.25) is 10.0 Å². The number of halogens is 2. The maximum absolute atomic E-state index is 14.2. The number of likely N-dealkylation sites (tertiary alicyclic amines) is 1. The Morgan fingerprint density at radius 3 is 2.52 bits per heavy atom. The van der Waals surface area contributed by atoms with E-state index in [2.05, 4.69) is 19.9 Å². The number of sulfonamides is 1. The predicted molar refractivity (Wildman–Crippen MR) is 158 cm³/mol. The van der Waals surface area contributed by atoms with Crippen LogP contribution in [-0.2, 0) is 21.3 Å². The van der Waals surface area contributed by atoms with Crippen molar-refractivity contribution in [3.05, 3.63) is 65.7 Å². The highest BCUT2D eigenvalue weighted by Gasteiger charge is 2.24. The summed E-state index contributed by atoms with van der Waals surface area (Å²) in [6, 6.07) is 10.3. The number of fused-ring (bicyclic) bond motifs is 1. The molecular formula is C29H34ClFN6O4S. The highest BCUT2D eigenvalue weighted by atomic mass is 35.5. The average Bonchev–Trinajstić information content (AvgIpc) is 3.53. The molecule has 10 nitrogen and oxygen atoms in total. The van der Waals surface area contributed by atoms with E-state index in [1.165, 1.54) is 28.8 Å². The molecule has 2 aromatic carbocycles. The molecule has 1 N–H and O–H groups in total. The number of hydrogen-bond acceptors (Lipinski definition) is 7. The lowest BCUT2D eigenvalue weighted by molar-refractivity contribution is 0.0544. The van der Waals surface area contributed by atoms with E-state index in [0.29, 0.717) is 52.7 Å². The second-order valence-corrected chi connectivity index (χ2v) is 13.7. The van der Waals surface area contributed by atoms with Gasteiger partial charge in [0.1, 0.15) is 17.1 Å². The number of nitrogens with one attached hydrogen (secondary N) is 1. The summed E-state index contributed by atoms with van der Waals surface area (Å²) in [5.41, 5.74) is 0.979. The minimum absolute atomic E-state index is 0.192. The second-order valence-electron chi connectivity index (χ2n) is 11.5. The van der Waals surface area contributed by atoms with Gasteiger partial charge >= 0.3 is 6.09 Å². The molecule has 13 heteroatoms. The fourth-order valence-corrected chi connectivity index (χ4v) is 6.22. The molecular weight excluding hydrogens is 583 g/mol. The number of rotatable bonds is 8. The first-order valence-electron chi connectivity index (χ1n) is 13.8. The summed E-state index contributed by atoms with van der Waals surface area (Å²) in [4.78, 5) is 15.3. The van der Waals surface area contributed by atoms with Gasteiger partial charge in [0.05, 0.1) is 16.6 Å². The summed E-state index contributed by atoms with van der Waals surface area (Å²) in [5, 5.41) is 9.67. The van der Waals surface area contributed by atoms with Gasteiger partial charge in [0.25, 0.3) is 0 Å². The lowest BCUT2D eigenvalue weighted by Gasteiger charge is -2.31. The van der Waals surface area contributed by atoms with Gasteiger partial charge in [-0.3, -0.25) is 9.25 Å². The average molecular weight is 617 g/mol. The van der Waals surface area contributed by atoms with Gasteiger partial charge in [-0.2, -0.15) is 0 Å². The lowest BCUT2D eigenvalue weighted by Crippen LogP contribution is -2.40. The molecule has 1 aliphatic rings. The first kappa shape index (κ1) is 30.1. The minimum Gasteiger partial charge on any atom is -0.443 e. The van der Waals surface area contributed by atoms with E-state index in [1.807, 2.05) is 6.20 Å². The highest BCUT2D eigenvalue weighted by molar-refractivity contribution is 7.89. The molecule has 0 unspecified atom stereocenters. The van der Waals surface area contributed by atoms with E-state index < -0.39 is 27.5 Å². The highest BCUT2D eigenvalue weighted by Crippen LogP contribution is 2.31. The summed E-state index contributed by atoms with van der Waals surface area (Å²) in [5.74, 6) is -0.0373. The third kappa shape index (κ3) is 7.17. The number of aromatic nitrogens is 4. The SMILES string of the molecule is CC(C)(C)OC(=O)n1cc(-c2cn(CC3CCN(CCNS(=O)(=O)c4ccc(Cl)cc4)CC3)nn2)c2cc(F)ccc21. The number of carbonyl (C=O) groups excluding carboxylic acids is 1. The molecule has 0 saturated carbocycles. The topological polar surface area (TPSA) is 111 Å². The van der Waals surface area contributed by atoms with Gasteiger partial charge in [0.15, 0.2) is 0 Å². The summed E-state index contributed by atoms with van der Waals surface area (Å²) < 4.78 is 50.5. The molecule has 3 heterocycles. The van der Waals surface area contributed by atoms with Crippen LogP contribution in [0.25, 0.3) is 22.2 Å². The third-order valence-electron chi connectivity index (χ3n) is 7.17. The van der Waals surface area contributed by atoms with Crippen molar-refractivity contribution in [1.29, 1.82) is 0 Å². The molecule has 0 atom stereocenters. The smallest absolute Gasteiger partial charge is 0.419 e. The van der Waals surface area contributed by atoms with Crippen molar-refractivity contribution in [3.63, 3.8) is 0 Å². The van der Waals surface area contributed by atoms with Crippen LogP contribution in [0.15, 0.2) is 59.8 Å². The molecule has 0 spiro atoms. The molecule has 1 aliphatic heterocycles. The maximum Gasteiger partial charge on any atom is 0.419 e. The van der Waals surface area contributed by atoms with Crippen molar-refractivity contribution in [3.8, 4) is 11.3 Å². The lowest BCUT2D eigenvalue weighted by atomic mass is 9.97. The number of carbonyl (C=O) groups is 1. The number of hydrogen-bond donors (Lipinski definition) is 1. The molecule has 4 aromatic rings. The quantitative estimate of drug-likeness (QED) is 0.291. The van der Waals surface area contributed by atoms with Crippen molar-refractivity contribution in [2.24, 2.45) is 5.92 Å². The molecule has 1 saturated heterocycles. The summed E-state index contributed by atoms with van der Waals surface area (Å²) in [6.07, 6.45) is 4.75. The Bertz CT molecular complexity index is 1670. The zero-order valence-corrected chi connectivity index (χ0v) is 25.3. The Labute approximate surface area is 249 Å². The Balaban J connectivity index is 1.18. The van der Waals surface area contributed by atoms with Gasteiger partial charge in [-0.15, -0.1) is 5.10 Å². The number of ether oxygens (including phenoxy) is 1.